The van der Waals surface area contributed by atoms with Gasteiger partial charge in [0.15, 0.2) is 0 Å². The molecule has 0 atom stereocenters. The van der Waals surface area contributed by atoms with Gasteiger partial charge in [-0.1, -0.05) is 12.1 Å². The van der Waals surface area contributed by atoms with Gasteiger partial charge < -0.3 is 19.5 Å². The highest BCUT2D eigenvalue weighted by atomic mass is 19.4. The van der Waals surface area contributed by atoms with Crippen LogP contribution in [0.4, 0.5) is 13.2 Å². The minimum atomic E-state index is -4.73. The van der Waals surface area contributed by atoms with Crippen LogP contribution in [0, 0.1) is 0 Å². The van der Waals surface area contributed by atoms with Crippen molar-refractivity contribution >= 4 is 12.0 Å². The van der Waals surface area contributed by atoms with Crippen LogP contribution in [0.5, 0.6) is 17.2 Å². The standard InChI is InChI=1S/C19H18F3NO4/c1-25-16-9-14(10-17(11-16)26-2)5-8-18(24)23-12-13-3-6-15(7-4-13)27-19(20,21)22/h3-11H,12H2,1-2H3,(H,23,24)/b8-5+. The van der Waals surface area contributed by atoms with E-state index in [1.54, 1.807) is 24.3 Å². The van der Waals surface area contributed by atoms with E-state index in [1.165, 1.54) is 44.6 Å². The molecule has 2 rings (SSSR count). The van der Waals surface area contributed by atoms with E-state index < -0.39 is 6.36 Å². The average Bonchev–Trinajstić information content (AvgIpc) is 2.64. The average molecular weight is 381 g/mol. The van der Waals surface area contributed by atoms with E-state index in [-0.39, 0.29) is 18.2 Å². The van der Waals surface area contributed by atoms with Gasteiger partial charge in [-0.15, -0.1) is 13.2 Å². The molecule has 0 bridgehead atoms. The van der Waals surface area contributed by atoms with E-state index in [1.807, 2.05) is 0 Å². The van der Waals surface area contributed by atoms with Crippen LogP contribution >= 0.6 is 0 Å². The van der Waals surface area contributed by atoms with Crippen molar-refractivity contribution in [3.63, 3.8) is 0 Å². The van der Waals surface area contributed by atoms with Crippen molar-refractivity contribution in [2.24, 2.45) is 0 Å². The first-order chi connectivity index (χ1) is 12.8. The van der Waals surface area contributed by atoms with Gasteiger partial charge in [-0.25, -0.2) is 0 Å². The highest BCUT2D eigenvalue weighted by molar-refractivity contribution is 5.91. The van der Waals surface area contributed by atoms with Crippen molar-refractivity contribution in [2.45, 2.75) is 12.9 Å². The van der Waals surface area contributed by atoms with Gasteiger partial charge in [0.05, 0.1) is 14.2 Å². The highest BCUT2D eigenvalue weighted by Crippen LogP contribution is 2.24. The molecule has 0 unspecified atom stereocenters. The summed E-state index contributed by atoms with van der Waals surface area (Å²) in [4.78, 5) is 11.9. The fourth-order valence-electron chi connectivity index (χ4n) is 2.15. The van der Waals surface area contributed by atoms with E-state index in [0.717, 1.165) is 5.56 Å². The minimum Gasteiger partial charge on any atom is -0.497 e. The molecule has 1 amide bonds. The Kier molecular flexibility index (Phi) is 6.70. The Hall–Kier alpha value is -3.16. The molecule has 0 radical (unpaired) electrons. The molecule has 0 fully saturated rings. The number of nitrogens with one attached hydrogen (secondary N) is 1. The second kappa shape index (κ2) is 8.98. The molecule has 2 aromatic carbocycles. The lowest BCUT2D eigenvalue weighted by molar-refractivity contribution is -0.274. The Labute approximate surface area is 154 Å². The summed E-state index contributed by atoms with van der Waals surface area (Å²) in [5.41, 5.74) is 1.35. The van der Waals surface area contributed by atoms with Gasteiger partial charge in [-0.3, -0.25) is 4.79 Å². The molecule has 0 aliphatic carbocycles. The number of ether oxygens (including phenoxy) is 3. The minimum absolute atomic E-state index is 0.164. The molecule has 0 aliphatic rings. The van der Waals surface area contributed by atoms with Crippen LogP contribution in [0.25, 0.3) is 6.08 Å². The molecule has 2 aromatic rings. The lowest BCUT2D eigenvalue weighted by Crippen LogP contribution is -2.20. The maximum absolute atomic E-state index is 12.1. The molecule has 0 saturated heterocycles. The third-order valence-corrected chi connectivity index (χ3v) is 3.42. The maximum Gasteiger partial charge on any atom is 0.573 e. The Morgan fingerprint density at radius 2 is 1.59 bits per heavy atom. The van der Waals surface area contributed by atoms with Crippen molar-refractivity contribution in [1.82, 2.24) is 5.32 Å². The van der Waals surface area contributed by atoms with Crippen LogP contribution in [-0.2, 0) is 11.3 Å². The number of hydrogen-bond donors (Lipinski definition) is 1. The SMILES string of the molecule is COc1cc(/C=C/C(=O)NCc2ccc(OC(F)(F)F)cc2)cc(OC)c1. The van der Waals surface area contributed by atoms with Crippen molar-refractivity contribution < 1.29 is 32.2 Å². The zero-order valence-corrected chi connectivity index (χ0v) is 14.7. The number of halogens is 3. The van der Waals surface area contributed by atoms with Gasteiger partial charge in [-0.2, -0.15) is 0 Å². The van der Waals surface area contributed by atoms with E-state index in [2.05, 4.69) is 10.1 Å². The van der Waals surface area contributed by atoms with Crippen LogP contribution in [0.2, 0.25) is 0 Å². The first-order valence-electron chi connectivity index (χ1n) is 7.83. The van der Waals surface area contributed by atoms with Crippen molar-refractivity contribution in [3.8, 4) is 17.2 Å². The fraction of sp³-hybridized carbons (Fsp3) is 0.211. The number of benzene rings is 2. The van der Waals surface area contributed by atoms with E-state index in [9.17, 15) is 18.0 Å². The monoisotopic (exact) mass is 381 g/mol. The molecule has 0 aromatic heterocycles. The van der Waals surface area contributed by atoms with E-state index >= 15 is 0 Å². The van der Waals surface area contributed by atoms with Gasteiger partial charge in [0.25, 0.3) is 0 Å². The quantitative estimate of drug-likeness (QED) is 0.739. The number of methoxy groups -OCH3 is 2. The highest BCUT2D eigenvalue weighted by Gasteiger charge is 2.30. The summed E-state index contributed by atoms with van der Waals surface area (Å²) in [6.07, 6.45) is -1.79. The summed E-state index contributed by atoms with van der Waals surface area (Å²) in [5, 5.41) is 2.64. The lowest BCUT2D eigenvalue weighted by atomic mass is 10.2. The second-order valence-electron chi connectivity index (χ2n) is 5.39. The number of carbonyl (C=O) groups is 1. The first kappa shape index (κ1) is 20.2. The second-order valence-corrected chi connectivity index (χ2v) is 5.39. The zero-order valence-electron chi connectivity index (χ0n) is 14.7. The van der Waals surface area contributed by atoms with Crippen LogP contribution < -0.4 is 19.5 Å². The molecule has 0 aliphatic heterocycles. The zero-order chi connectivity index (χ0) is 19.9. The van der Waals surface area contributed by atoms with E-state index in [0.29, 0.717) is 17.1 Å². The largest absolute Gasteiger partial charge is 0.573 e. The van der Waals surface area contributed by atoms with Crippen molar-refractivity contribution in [3.05, 3.63) is 59.7 Å². The summed E-state index contributed by atoms with van der Waals surface area (Å²) in [5.74, 6) is 0.517. The number of carbonyl (C=O) groups excluding carboxylic acids is 1. The Morgan fingerprint density at radius 1 is 1.00 bits per heavy atom. The third-order valence-electron chi connectivity index (χ3n) is 3.42. The Morgan fingerprint density at radius 3 is 2.11 bits per heavy atom. The van der Waals surface area contributed by atoms with Crippen LogP contribution in [0.15, 0.2) is 48.5 Å². The van der Waals surface area contributed by atoms with Gasteiger partial charge in [0.1, 0.15) is 17.2 Å². The van der Waals surface area contributed by atoms with E-state index in [4.69, 9.17) is 9.47 Å². The molecular weight excluding hydrogens is 363 g/mol. The summed E-state index contributed by atoms with van der Waals surface area (Å²) in [6.45, 7) is 0.164. The van der Waals surface area contributed by atoms with Crippen LogP contribution in [-0.4, -0.2) is 26.5 Å². The van der Waals surface area contributed by atoms with Crippen LogP contribution in [0.1, 0.15) is 11.1 Å². The Bertz CT molecular complexity index is 779. The fourth-order valence-corrected chi connectivity index (χ4v) is 2.15. The molecule has 1 N–H and O–H groups in total. The number of rotatable bonds is 7. The normalized spacial score (nSPS) is 11.3. The summed E-state index contributed by atoms with van der Waals surface area (Å²) >= 11 is 0. The van der Waals surface area contributed by atoms with Gasteiger partial charge >= 0.3 is 6.36 Å². The molecule has 27 heavy (non-hydrogen) atoms. The number of amides is 1. The molecule has 0 spiro atoms. The smallest absolute Gasteiger partial charge is 0.497 e. The molecule has 8 heteroatoms. The topological polar surface area (TPSA) is 56.8 Å². The predicted molar refractivity (Wildman–Crippen MR) is 93.6 cm³/mol. The summed E-state index contributed by atoms with van der Waals surface area (Å²) < 4.78 is 50.4. The summed E-state index contributed by atoms with van der Waals surface area (Å²) in [7, 11) is 3.06. The Balaban J connectivity index is 1.91. The number of alkyl halides is 3. The van der Waals surface area contributed by atoms with Crippen LogP contribution in [0.3, 0.4) is 0 Å². The maximum atomic E-state index is 12.1. The predicted octanol–water partition coefficient (Wildman–Crippen LogP) is 3.93. The third kappa shape index (κ3) is 6.93. The van der Waals surface area contributed by atoms with Gasteiger partial charge in [0.2, 0.25) is 5.91 Å². The molecule has 0 saturated carbocycles. The molecule has 5 nitrogen and oxygen atoms in total. The molecular formula is C19H18F3NO4. The molecule has 144 valence electrons. The number of hydrogen-bond acceptors (Lipinski definition) is 4. The van der Waals surface area contributed by atoms with Crippen molar-refractivity contribution in [1.29, 1.82) is 0 Å². The first-order valence-corrected chi connectivity index (χ1v) is 7.83. The van der Waals surface area contributed by atoms with Gasteiger partial charge in [0, 0.05) is 18.7 Å². The van der Waals surface area contributed by atoms with Crippen molar-refractivity contribution in [2.75, 3.05) is 14.2 Å². The summed E-state index contributed by atoms with van der Waals surface area (Å²) in [6, 6.07) is 10.5. The lowest BCUT2D eigenvalue weighted by Gasteiger charge is -2.09. The molecule has 0 heterocycles. The van der Waals surface area contributed by atoms with Gasteiger partial charge in [-0.05, 0) is 41.5 Å².